The van der Waals surface area contributed by atoms with E-state index in [2.05, 4.69) is 30.2 Å². The maximum absolute atomic E-state index is 12.3. The van der Waals surface area contributed by atoms with Gasteiger partial charge in [0.25, 0.3) is 5.56 Å². The predicted molar refractivity (Wildman–Crippen MR) is 117 cm³/mol. The molecule has 1 heterocycles. The second-order valence-electron chi connectivity index (χ2n) is 7.57. The van der Waals surface area contributed by atoms with E-state index < -0.39 is 0 Å². The van der Waals surface area contributed by atoms with Crippen LogP contribution in [-0.4, -0.2) is 24.5 Å². The quantitative estimate of drug-likeness (QED) is 0.610. The third-order valence-electron chi connectivity index (χ3n) is 5.13. The van der Waals surface area contributed by atoms with Crippen LogP contribution in [0.2, 0.25) is 0 Å². The van der Waals surface area contributed by atoms with Crippen molar-refractivity contribution in [3.8, 4) is 5.75 Å². The van der Waals surface area contributed by atoms with Crippen molar-refractivity contribution in [1.82, 2.24) is 10.3 Å². The number of aromatic amines is 1. The molecule has 0 fully saturated rings. The van der Waals surface area contributed by atoms with Crippen LogP contribution in [-0.2, 0) is 17.6 Å². The SMILES string of the molecule is COc1ccc(CCC(=O)NCCc2cc3cc(C(C)C)ccc3[nH]c2=O)cc1. The van der Waals surface area contributed by atoms with Gasteiger partial charge in [0.1, 0.15) is 5.75 Å². The molecule has 1 amide bonds. The van der Waals surface area contributed by atoms with E-state index in [-0.39, 0.29) is 11.5 Å². The number of H-pyrrole nitrogens is 1. The Balaban J connectivity index is 1.54. The molecule has 5 nitrogen and oxygen atoms in total. The maximum atomic E-state index is 12.3. The van der Waals surface area contributed by atoms with Crippen LogP contribution in [0, 0.1) is 0 Å². The molecule has 3 rings (SSSR count). The zero-order chi connectivity index (χ0) is 20.8. The highest BCUT2D eigenvalue weighted by Crippen LogP contribution is 2.20. The Hall–Kier alpha value is -3.08. The van der Waals surface area contributed by atoms with Gasteiger partial charge in [-0.1, -0.05) is 32.0 Å². The molecule has 2 aromatic carbocycles. The van der Waals surface area contributed by atoms with Crippen molar-refractivity contribution in [2.45, 2.75) is 39.0 Å². The topological polar surface area (TPSA) is 71.2 Å². The van der Waals surface area contributed by atoms with Crippen LogP contribution in [0.5, 0.6) is 5.75 Å². The van der Waals surface area contributed by atoms with E-state index in [0.29, 0.717) is 37.3 Å². The Morgan fingerprint density at radius 2 is 1.83 bits per heavy atom. The number of benzene rings is 2. The highest BCUT2D eigenvalue weighted by molar-refractivity contribution is 5.80. The van der Waals surface area contributed by atoms with Gasteiger partial charge in [0, 0.05) is 24.0 Å². The first kappa shape index (κ1) is 20.6. The van der Waals surface area contributed by atoms with Gasteiger partial charge in [0.15, 0.2) is 0 Å². The minimum absolute atomic E-state index is 0.0138. The molecule has 0 bridgehead atoms. The lowest BCUT2D eigenvalue weighted by molar-refractivity contribution is -0.121. The summed E-state index contributed by atoms with van der Waals surface area (Å²) in [6, 6.07) is 15.8. The number of carbonyl (C=O) groups is 1. The van der Waals surface area contributed by atoms with Gasteiger partial charge in [-0.3, -0.25) is 9.59 Å². The van der Waals surface area contributed by atoms with E-state index in [0.717, 1.165) is 22.2 Å². The molecule has 0 atom stereocenters. The fourth-order valence-corrected chi connectivity index (χ4v) is 3.29. The minimum atomic E-state index is -0.0951. The summed E-state index contributed by atoms with van der Waals surface area (Å²) in [5, 5.41) is 3.94. The molecular weight excluding hydrogens is 364 g/mol. The summed E-state index contributed by atoms with van der Waals surface area (Å²) in [7, 11) is 1.63. The summed E-state index contributed by atoms with van der Waals surface area (Å²) < 4.78 is 5.14. The molecule has 29 heavy (non-hydrogen) atoms. The lowest BCUT2D eigenvalue weighted by Crippen LogP contribution is -2.27. The number of hydrogen-bond acceptors (Lipinski definition) is 3. The second kappa shape index (κ2) is 9.41. The Morgan fingerprint density at radius 3 is 2.52 bits per heavy atom. The van der Waals surface area contributed by atoms with E-state index in [9.17, 15) is 9.59 Å². The van der Waals surface area contributed by atoms with Crippen LogP contribution in [0.3, 0.4) is 0 Å². The third kappa shape index (κ3) is 5.47. The average Bonchev–Trinajstić information content (AvgIpc) is 2.72. The molecule has 0 saturated heterocycles. The van der Waals surface area contributed by atoms with Crippen molar-refractivity contribution < 1.29 is 9.53 Å². The van der Waals surface area contributed by atoms with Gasteiger partial charge in [0.05, 0.1) is 7.11 Å². The number of hydrogen-bond donors (Lipinski definition) is 2. The van der Waals surface area contributed by atoms with Gasteiger partial charge in [-0.25, -0.2) is 0 Å². The van der Waals surface area contributed by atoms with Crippen LogP contribution in [0.15, 0.2) is 53.3 Å². The Bertz CT molecular complexity index is 1040. The first-order valence-corrected chi connectivity index (χ1v) is 10.0. The summed E-state index contributed by atoms with van der Waals surface area (Å²) in [6.45, 7) is 4.74. The first-order chi connectivity index (χ1) is 14.0. The monoisotopic (exact) mass is 392 g/mol. The molecule has 0 aliphatic carbocycles. The van der Waals surface area contributed by atoms with Crippen molar-refractivity contribution in [3.63, 3.8) is 0 Å². The Kier molecular flexibility index (Phi) is 6.70. The number of nitrogens with one attached hydrogen (secondary N) is 2. The molecule has 2 N–H and O–H groups in total. The molecule has 3 aromatic rings. The van der Waals surface area contributed by atoms with Crippen molar-refractivity contribution in [2.24, 2.45) is 0 Å². The van der Waals surface area contributed by atoms with Crippen LogP contribution >= 0.6 is 0 Å². The number of pyridine rings is 1. The van der Waals surface area contributed by atoms with Crippen LogP contribution in [0.1, 0.15) is 42.9 Å². The molecule has 0 spiro atoms. The number of aromatic nitrogens is 1. The van der Waals surface area contributed by atoms with Crippen molar-refractivity contribution in [3.05, 3.63) is 75.6 Å². The van der Waals surface area contributed by atoms with Gasteiger partial charge >= 0.3 is 0 Å². The number of amides is 1. The van der Waals surface area contributed by atoms with Gasteiger partial charge < -0.3 is 15.0 Å². The first-order valence-electron chi connectivity index (χ1n) is 10.0. The van der Waals surface area contributed by atoms with Crippen molar-refractivity contribution >= 4 is 16.8 Å². The Labute approximate surface area is 171 Å². The smallest absolute Gasteiger partial charge is 0.251 e. The third-order valence-corrected chi connectivity index (χ3v) is 5.13. The lowest BCUT2D eigenvalue weighted by Gasteiger charge is -2.09. The highest BCUT2D eigenvalue weighted by atomic mass is 16.5. The Morgan fingerprint density at radius 1 is 1.07 bits per heavy atom. The number of fused-ring (bicyclic) bond motifs is 1. The summed E-state index contributed by atoms with van der Waals surface area (Å²) in [5.74, 6) is 1.22. The van der Waals surface area contributed by atoms with Gasteiger partial charge in [0.2, 0.25) is 5.91 Å². The molecule has 5 heteroatoms. The van der Waals surface area contributed by atoms with E-state index in [1.807, 2.05) is 42.5 Å². The summed E-state index contributed by atoms with van der Waals surface area (Å²) in [6.07, 6.45) is 1.59. The number of methoxy groups -OCH3 is 1. The summed E-state index contributed by atoms with van der Waals surface area (Å²) >= 11 is 0. The fraction of sp³-hybridized carbons (Fsp3) is 0.333. The zero-order valence-electron chi connectivity index (χ0n) is 17.2. The summed E-state index contributed by atoms with van der Waals surface area (Å²) in [4.78, 5) is 27.4. The normalized spacial score (nSPS) is 11.0. The molecule has 0 saturated carbocycles. The van der Waals surface area contributed by atoms with Crippen LogP contribution < -0.4 is 15.6 Å². The molecule has 0 aliphatic heterocycles. The molecule has 152 valence electrons. The minimum Gasteiger partial charge on any atom is -0.497 e. The average molecular weight is 392 g/mol. The standard InChI is InChI=1S/C24H28N2O3/c1-16(2)18-7-10-22-20(14-18)15-19(24(28)26-22)12-13-25-23(27)11-6-17-4-8-21(29-3)9-5-17/h4-5,7-10,14-16H,6,11-13H2,1-3H3,(H,25,27)(H,26,28). The van der Waals surface area contributed by atoms with Crippen molar-refractivity contribution in [2.75, 3.05) is 13.7 Å². The van der Waals surface area contributed by atoms with Gasteiger partial charge in [-0.15, -0.1) is 0 Å². The second-order valence-corrected chi connectivity index (χ2v) is 7.57. The largest absolute Gasteiger partial charge is 0.497 e. The number of aryl methyl sites for hydroxylation is 1. The van der Waals surface area contributed by atoms with Gasteiger partial charge in [-0.2, -0.15) is 0 Å². The number of ether oxygens (including phenoxy) is 1. The number of carbonyl (C=O) groups excluding carboxylic acids is 1. The number of rotatable bonds is 8. The fourth-order valence-electron chi connectivity index (χ4n) is 3.29. The lowest BCUT2D eigenvalue weighted by atomic mass is 10.0. The van der Waals surface area contributed by atoms with Crippen LogP contribution in [0.25, 0.3) is 10.9 Å². The molecule has 0 aliphatic rings. The molecule has 0 radical (unpaired) electrons. The van der Waals surface area contributed by atoms with Crippen LogP contribution in [0.4, 0.5) is 0 Å². The molecule has 1 aromatic heterocycles. The molecule has 0 unspecified atom stereocenters. The van der Waals surface area contributed by atoms with Crippen molar-refractivity contribution in [1.29, 1.82) is 0 Å². The predicted octanol–water partition coefficient (Wildman–Crippen LogP) is 3.95. The van der Waals surface area contributed by atoms with E-state index in [1.165, 1.54) is 5.56 Å². The van der Waals surface area contributed by atoms with E-state index in [1.54, 1.807) is 7.11 Å². The summed E-state index contributed by atoms with van der Waals surface area (Å²) in [5.41, 5.74) is 3.76. The zero-order valence-corrected chi connectivity index (χ0v) is 17.2. The van der Waals surface area contributed by atoms with Gasteiger partial charge in [-0.05, 0) is 65.6 Å². The maximum Gasteiger partial charge on any atom is 0.251 e. The van der Waals surface area contributed by atoms with E-state index >= 15 is 0 Å². The van der Waals surface area contributed by atoms with E-state index in [4.69, 9.17) is 4.74 Å². The molecular formula is C24H28N2O3. The highest BCUT2D eigenvalue weighted by Gasteiger charge is 2.07.